The lowest BCUT2D eigenvalue weighted by molar-refractivity contribution is 0.785. The Morgan fingerprint density at radius 3 is 2.67 bits per heavy atom. The standard InChI is InChI=1S/C10H18BrN3S/c1-3-5-9-12-10(15-13-9)14(7-4-2)8-6-11/h3-8H2,1-2H3. The molecule has 0 N–H and O–H groups in total. The number of nitrogens with zero attached hydrogens (tertiary/aromatic N) is 3. The van der Waals surface area contributed by atoms with E-state index in [1.165, 1.54) is 11.5 Å². The molecule has 0 atom stereocenters. The molecule has 0 fully saturated rings. The van der Waals surface area contributed by atoms with Gasteiger partial charge in [-0.05, 0) is 12.8 Å². The van der Waals surface area contributed by atoms with Crippen LogP contribution in [0.4, 0.5) is 5.13 Å². The summed E-state index contributed by atoms with van der Waals surface area (Å²) in [6.45, 7) is 6.42. The highest BCUT2D eigenvalue weighted by Crippen LogP contribution is 2.18. The fourth-order valence-corrected chi connectivity index (χ4v) is 2.56. The molecule has 0 saturated heterocycles. The molecular formula is C10H18BrN3S. The zero-order valence-corrected chi connectivity index (χ0v) is 11.8. The number of alkyl halides is 1. The van der Waals surface area contributed by atoms with Gasteiger partial charge in [0.05, 0.1) is 0 Å². The average Bonchev–Trinajstić information content (AvgIpc) is 2.67. The third-order valence-corrected chi connectivity index (χ3v) is 3.22. The molecule has 0 saturated carbocycles. The Morgan fingerprint density at radius 1 is 1.27 bits per heavy atom. The summed E-state index contributed by atoms with van der Waals surface area (Å²) in [6, 6.07) is 0. The average molecular weight is 292 g/mol. The Labute approximate surface area is 104 Å². The van der Waals surface area contributed by atoms with Gasteiger partial charge in [-0.2, -0.15) is 4.37 Å². The lowest BCUT2D eigenvalue weighted by Crippen LogP contribution is -2.25. The number of aryl methyl sites for hydroxylation is 1. The molecule has 86 valence electrons. The lowest BCUT2D eigenvalue weighted by atomic mass is 10.3. The molecule has 0 aliphatic carbocycles. The molecule has 3 nitrogen and oxygen atoms in total. The fraction of sp³-hybridized carbons (Fsp3) is 0.800. The van der Waals surface area contributed by atoms with Crippen LogP contribution in [0, 0.1) is 0 Å². The van der Waals surface area contributed by atoms with Gasteiger partial charge in [-0.25, -0.2) is 4.98 Å². The monoisotopic (exact) mass is 291 g/mol. The molecule has 5 heteroatoms. The molecule has 1 aromatic heterocycles. The summed E-state index contributed by atoms with van der Waals surface area (Å²) in [5.41, 5.74) is 0. The summed E-state index contributed by atoms with van der Waals surface area (Å²) >= 11 is 4.99. The minimum atomic E-state index is 0.982. The minimum absolute atomic E-state index is 0.982. The van der Waals surface area contributed by atoms with E-state index >= 15 is 0 Å². The molecule has 0 aromatic carbocycles. The van der Waals surface area contributed by atoms with Crippen LogP contribution in [-0.2, 0) is 6.42 Å². The number of halogens is 1. The van der Waals surface area contributed by atoms with Crippen LogP contribution in [0.25, 0.3) is 0 Å². The van der Waals surface area contributed by atoms with Crippen molar-refractivity contribution >= 4 is 32.6 Å². The predicted molar refractivity (Wildman–Crippen MR) is 70.2 cm³/mol. The van der Waals surface area contributed by atoms with Gasteiger partial charge in [0, 0.05) is 36.4 Å². The van der Waals surface area contributed by atoms with E-state index in [1.54, 1.807) is 0 Å². The minimum Gasteiger partial charge on any atom is -0.346 e. The third-order valence-electron chi connectivity index (χ3n) is 2.05. The second-order valence-corrected chi connectivity index (χ2v) is 4.94. The topological polar surface area (TPSA) is 29.0 Å². The van der Waals surface area contributed by atoms with Crippen LogP contribution >= 0.6 is 27.5 Å². The Balaban J connectivity index is 2.63. The Kier molecular flexibility index (Phi) is 6.17. The molecule has 0 aliphatic heterocycles. The van der Waals surface area contributed by atoms with Crippen molar-refractivity contribution < 1.29 is 0 Å². The van der Waals surface area contributed by atoms with E-state index in [0.717, 1.165) is 48.6 Å². The highest BCUT2D eigenvalue weighted by Gasteiger charge is 2.10. The van der Waals surface area contributed by atoms with Crippen LogP contribution in [0.1, 0.15) is 32.5 Å². The summed E-state index contributed by atoms with van der Waals surface area (Å²) < 4.78 is 4.36. The number of hydrogen-bond acceptors (Lipinski definition) is 4. The summed E-state index contributed by atoms with van der Waals surface area (Å²) in [5, 5.41) is 2.05. The van der Waals surface area contributed by atoms with Gasteiger partial charge in [-0.15, -0.1) is 0 Å². The van der Waals surface area contributed by atoms with Crippen molar-refractivity contribution in [1.82, 2.24) is 9.36 Å². The normalized spacial score (nSPS) is 10.6. The molecule has 0 radical (unpaired) electrons. The SMILES string of the molecule is CCCc1nsc(N(CCC)CCBr)n1. The highest BCUT2D eigenvalue weighted by atomic mass is 79.9. The van der Waals surface area contributed by atoms with E-state index < -0.39 is 0 Å². The maximum absolute atomic E-state index is 4.55. The molecule has 15 heavy (non-hydrogen) atoms. The largest absolute Gasteiger partial charge is 0.346 e. The Bertz CT molecular complexity index is 271. The van der Waals surface area contributed by atoms with E-state index in [1.807, 2.05) is 0 Å². The third kappa shape index (κ3) is 4.07. The van der Waals surface area contributed by atoms with Gasteiger partial charge in [0.25, 0.3) is 0 Å². The first-order valence-electron chi connectivity index (χ1n) is 5.45. The van der Waals surface area contributed by atoms with E-state index in [9.17, 15) is 0 Å². The van der Waals surface area contributed by atoms with Gasteiger partial charge < -0.3 is 4.90 Å². The van der Waals surface area contributed by atoms with Crippen molar-refractivity contribution in [2.75, 3.05) is 23.3 Å². The van der Waals surface area contributed by atoms with Crippen molar-refractivity contribution in [3.63, 3.8) is 0 Å². The first-order chi connectivity index (χ1) is 7.31. The predicted octanol–water partition coefficient (Wildman–Crippen LogP) is 3.10. The van der Waals surface area contributed by atoms with Crippen LogP contribution in [0.2, 0.25) is 0 Å². The molecule has 0 bridgehead atoms. The summed E-state index contributed by atoms with van der Waals surface area (Å²) in [5.74, 6) is 0.994. The van der Waals surface area contributed by atoms with Gasteiger partial charge in [0.1, 0.15) is 5.82 Å². The number of aromatic nitrogens is 2. The van der Waals surface area contributed by atoms with Gasteiger partial charge >= 0.3 is 0 Å². The molecular weight excluding hydrogens is 274 g/mol. The van der Waals surface area contributed by atoms with Crippen molar-refractivity contribution in [2.45, 2.75) is 33.1 Å². The molecule has 0 amide bonds. The van der Waals surface area contributed by atoms with Crippen molar-refractivity contribution in [3.05, 3.63) is 5.82 Å². The number of hydrogen-bond donors (Lipinski definition) is 0. The first-order valence-corrected chi connectivity index (χ1v) is 7.34. The van der Waals surface area contributed by atoms with Crippen LogP contribution in [0.3, 0.4) is 0 Å². The van der Waals surface area contributed by atoms with Crippen LogP contribution in [-0.4, -0.2) is 27.8 Å². The highest BCUT2D eigenvalue weighted by molar-refractivity contribution is 9.09. The molecule has 0 aliphatic rings. The van der Waals surface area contributed by atoms with E-state index in [4.69, 9.17) is 0 Å². The zero-order valence-electron chi connectivity index (χ0n) is 9.37. The van der Waals surface area contributed by atoms with E-state index in [2.05, 4.69) is 44.0 Å². The van der Waals surface area contributed by atoms with Crippen molar-refractivity contribution in [1.29, 1.82) is 0 Å². The van der Waals surface area contributed by atoms with Crippen LogP contribution in [0.5, 0.6) is 0 Å². The fourth-order valence-electron chi connectivity index (χ4n) is 1.37. The summed E-state index contributed by atoms with van der Waals surface area (Å²) in [4.78, 5) is 6.85. The number of anilines is 1. The summed E-state index contributed by atoms with van der Waals surface area (Å²) in [7, 11) is 0. The molecule has 0 unspecified atom stereocenters. The van der Waals surface area contributed by atoms with Crippen molar-refractivity contribution in [2.24, 2.45) is 0 Å². The lowest BCUT2D eigenvalue weighted by Gasteiger charge is -2.18. The summed E-state index contributed by atoms with van der Waals surface area (Å²) in [6.07, 6.45) is 3.25. The van der Waals surface area contributed by atoms with E-state index in [0.29, 0.717) is 0 Å². The second kappa shape index (κ2) is 7.17. The maximum Gasteiger partial charge on any atom is 0.205 e. The molecule has 1 rings (SSSR count). The smallest absolute Gasteiger partial charge is 0.205 e. The molecule has 1 heterocycles. The molecule has 0 spiro atoms. The first kappa shape index (κ1) is 12.9. The second-order valence-electron chi connectivity index (χ2n) is 3.42. The van der Waals surface area contributed by atoms with Gasteiger partial charge in [-0.3, -0.25) is 0 Å². The van der Waals surface area contributed by atoms with Gasteiger partial charge in [-0.1, -0.05) is 29.8 Å². The zero-order chi connectivity index (χ0) is 11.1. The maximum atomic E-state index is 4.55. The molecule has 1 aromatic rings. The quantitative estimate of drug-likeness (QED) is 0.723. The Morgan fingerprint density at radius 2 is 2.07 bits per heavy atom. The van der Waals surface area contributed by atoms with Gasteiger partial charge in [0.2, 0.25) is 5.13 Å². The number of rotatable bonds is 7. The Hall–Kier alpha value is -0.160. The van der Waals surface area contributed by atoms with Crippen molar-refractivity contribution in [3.8, 4) is 0 Å². The van der Waals surface area contributed by atoms with Crippen LogP contribution < -0.4 is 4.90 Å². The van der Waals surface area contributed by atoms with Gasteiger partial charge in [0.15, 0.2) is 0 Å². The van der Waals surface area contributed by atoms with Crippen LogP contribution in [0.15, 0.2) is 0 Å². The van der Waals surface area contributed by atoms with E-state index in [-0.39, 0.29) is 0 Å².